The predicted molar refractivity (Wildman–Crippen MR) is 113 cm³/mol. The quantitative estimate of drug-likeness (QED) is 0.827. The SMILES string of the molecule is CCc1cc2c(s1)CCO[C@@]21CCN(Cc2cn([C@H]3C[C@@](C)(O)C3)nn2)[C@@H](C)C1. The number of aryl methyl sites for hydroxylation is 1. The standard InChI is InChI=1S/C22H32N4O2S/c1-4-18-9-19-20(29-18)5-8-28-22(19)6-7-25(15(2)10-22)13-16-14-26(24-23-16)17-11-21(3,27)12-17/h9,14-15,17,27H,4-8,10-13H2,1-3H3/t15-,17-,21+,22+/m0/s1. The van der Waals surface area contributed by atoms with Crippen molar-refractivity contribution in [2.24, 2.45) is 0 Å². The highest BCUT2D eigenvalue weighted by Crippen LogP contribution is 2.46. The van der Waals surface area contributed by atoms with Crippen LogP contribution < -0.4 is 0 Å². The summed E-state index contributed by atoms with van der Waals surface area (Å²) < 4.78 is 8.40. The molecule has 5 rings (SSSR count). The summed E-state index contributed by atoms with van der Waals surface area (Å²) in [5.74, 6) is 0. The van der Waals surface area contributed by atoms with Gasteiger partial charge in [-0.25, -0.2) is 4.68 Å². The van der Waals surface area contributed by atoms with Crippen LogP contribution >= 0.6 is 11.3 Å². The van der Waals surface area contributed by atoms with Crippen molar-refractivity contribution in [3.05, 3.63) is 33.3 Å². The van der Waals surface area contributed by atoms with Crippen LogP contribution in [0.15, 0.2) is 12.3 Å². The summed E-state index contributed by atoms with van der Waals surface area (Å²) in [7, 11) is 0. The number of aliphatic hydroxyl groups is 1. The van der Waals surface area contributed by atoms with E-state index in [9.17, 15) is 5.11 Å². The van der Waals surface area contributed by atoms with Gasteiger partial charge in [0.1, 0.15) is 0 Å². The number of rotatable bonds is 4. The maximum absolute atomic E-state index is 9.97. The van der Waals surface area contributed by atoms with Crippen molar-refractivity contribution in [1.29, 1.82) is 0 Å². The maximum atomic E-state index is 9.97. The maximum Gasteiger partial charge on any atom is 0.0969 e. The molecule has 3 aliphatic rings. The first kappa shape index (κ1) is 19.7. The summed E-state index contributed by atoms with van der Waals surface area (Å²) in [5, 5.41) is 18.7. The molecule has 1 aliphatic carbocycles. The molecule has 6 nitrogen and oxygen atoms in total. The number of nitrogens with zero attached hydrogens (tertiary/aromatic N) is 4. The van der Waals surface area contributed by atoms with E-state index in [-0.39, 0.29) is 11.6 Å². The molecule has 29 heavy (non-hydrogen) atoms. The first-order chi connectivity index (χ1) is 13.9. The average molecular weight is 417 g/mol. The molecule has 4 heterocycles. The van der Waals surface area contributed by atoms with Crippen LogP contribution in [0.5, 0.6) is 0 Å². The lowest BCUT2D eigenvalue weighted by Gasteiger charge is -2.47. The highest BCUT2D eigenvalue weighted by atomic mass is 32.1. The van der Waals surface area contributed by atoms with Crippen LogP contribution in [0.25, 0.3) is 0 Å². The fraction of sp³-hybridized carbons (Fsp3) is 0.727. The van der Waals surface area contributed by atoms with Crippen molar-refractivity contribution >= 4 is 11.3 Å². The summed E-state index contributed by atoms with van der Waals surface area (Å²) in [6, 6.07) is 3.14. The van der Waals surface area contributed by atoms with Crippen LogP contribution in [0.1, 0.15) is 73.5 Å². The second-order valence-electron chi connectivity index (χ2n) is 9.52. The van der Waals surface area contributed by atoms with E-state index >= 15 is 0 Å². The first-order valence-corrected chi connectivity index (χ1v) is 11.8. The van der Waals surface area contributed by atoms with E-state index in [2.05, 4.69) is 41.3 Å². The van der Waals surface area contributed by atoms with Gasteiger partial charge in [0.25, 0.3) is 0 Å². The minimum atomic E-state index is -0.537. The van der Waals surface area contributed by atoms with Crippen molar-refractivity contribution in [3.8, 4) is 0 Å². The molecule has 0 radical (unpaired) electrons. The molecule has 7 heteroatoms. The van der Waals surface area contributed by atoms with Gasteiger partial charge in [0, 0.05) is 35.3 Å². The zero-order valence-electron chi connectivity index (χ0n) is 17.7. The number of fused-ring (bicyclic) bond motifs is 2. The monoisotopic (exact) mass is 416 g/mol. The minimum absolute atomic E-state index is 0.0947. The molecular weight excluding hydrogens is 384 g/mol. The Morgan fingerprint density at radius 3 is 2.90 bits per heavy atom. The van der Waals surface area contributed by atoms with E-state index in [1.54, 1.807) is 4.88 Å². The number of hydrogen-bond donors (Lipinski definition) is 1. The van der Waals surface area contributed by atoms with E-state index in [0.717, 1.165) is 63.9 Å². The van der Waals surface area contributed by atoms with Crippen molar-refractivity contribution in [1.82, 2.24) is 19.9 Å². The van der Waals surface area contributed by atoms with E-state index in [4.69, 9.17) is 4.74 Å². The summed E-state index contributed by atoms with van der Waals surface area (Å²) in [5.41, 5.74) is 1.86. The number of hydrogen-bond acceptors (Lipinski definition) is 6. The molecule has 0 unspecified atom stereocenters. The molecule has 1 N–H and O–H groups in total. The second-order valence-corrected chi connectivity index (χ2v) is 10.7. The smallest absolute Gasteiger partial charge is 0.0969 e. The van der Waals surface area contributed by atoms with Crippen molar-refractivity contribution in [3.63, 3.8) is 0 Å². The zero-order valence-corrected chi connectivity index (χ0v) is 18.5. The lowest BCUT2D eigenvalue weighted by Crippen LogP contribution is -2.50. The van der Waals surface area contributed by atoms with Gasteiger partial charge in [-0.2, -0.15) is 0 Å². The molecule has 1 spiro atoms. The van der Waals surface area contributed by atoms with Crippen molar-refractivity contribution < 1.29 is 9.84 Å². The Bertz CT molecular complexity index is 883. The van der Waals surface area contributed by atoms with Gasteiger partial charge in [-0.05, 0) is 57.6 Å². The normalized spacial score (nSPS) is 34.9. The van der Waals surface area contributed by atoms with E-state index < -0.39 is 5.60 Å². The molecule has 2 aromatic heterocycles. The Morgan fingerprint density at radius 1 is 1.34 bits per heavy atom. The van der Waals surface area contributed by atoms with Crippen LogP contribution in [0.2, 0.25) is 0 Å². The Kier molecular flexibility index (Phi) is 4.85. The summed E-state index contributed by atoms with van der Waals surface area (Å²) >= 11 is 1.99. The van der Waals surface area contributed by atoms with E-state index in [1.807, 2.05) is 22.9 Å². The topological polar surface area (TPSA) is 63.4 Å². The van der Waals surface area contributed by atoms with Gasteiger partial charge in [-0.3, -0.25) is 4.90 Å². The molecule has 0 amide bonds. The number of aromatic nitrogens is 3. The molecule has 2 atom stereocenters. The molecule has 158 valence electrons. The summed E-state index contributed by atoms with van der Waals surface area (Å²) in [6.07, 6.45) is 7.86. The average Bonchev–Trinajstić information content (AvgIpc) is 3.30. The van der Waals surface area contributed by atoms with Crippen LogP contribution in [0.3, 0.4) is 0 Å². The molecule has 2 aromatic rings. The third kappa shape index (κ3) is 3.56. The highest BCUT2D eigenvalue weighted by Gasteiger charge is 2.44. The molecule has 0 aromatic carbocycles. The largest absolute Gasteiger partial charge is 0.390 e. The molecule has 1 saturated carbocycles. The Balaban J connectivity index is 1.26. The second kappa shape index (κ2) is 7.15. The fourth-order valence-corrected chi connectivity index (χ4v) is 6.60. The number of ether oxygens (including phenoxy) is 1. The molecular formula is C22H32N4O2S. The van der Waals surface area contributed by atoms with Crippen LogP contribution in [-0.2, 0) is 29.7 Å². The van der Waals surface area contributed by atoms with E-state index in [1.165, 1.54) is 10.4 Å². The lowest BCUT2D eigenvalue weighted by molar-refractivity contribution is -0.112. The van der Waals surface area contributed by atoms with Crippen molar-refractivity contribution in [2.75, 3.05) is 13.2 Å². The number of thiophene rings is 1. The highest BCUT2D eigenvalue weighted by molar-refractivity contribution is 7.12. The van der Waals surface area contributed by atoms with Crippen LogP contribution in [0.4, 0.5) is 0 Å². The van der Waals surface area contributed by atoms with Crippen LogP contribution in [-0.4, -0.2) is 49.8 Å². The summed E-state index contributed by atoms with van der Waals surface area (Å²) in [6.45, 7) is 9.15. The predicted octanol–water partition coefficient (Wildman–Crippen LogP) is 3.44. The fourth-order valence-electron chi connectivity index (χ4n) is 5.42. The van der Waals surface area contributed by atoms with Gasteiger partial charge in [-0.1, -0.05) is 12.1 Å². The third-order valence-corrected chi connectivity index (χ3v) is 8.45. The number of piperidine rings is 1. The van der Waals surface area contributed by atoms with Gasteiger partial charge in [-0.15, -0.1) is 16.4 Å². The molecule has 1 saturated heterocycles. The van der Waals surface area contributed by atoms with Gasteiger partial charge in [0.2, 0.25) is 0 Å². The Labute approximate surface area is 176 Å². The van der Waals surface area contributed by atoms with Gasteiger partial charge >= 0.3 is 0 Å². The minimum Gasteiger partial charge on any atom is -0.390 e. The molecule has 2 fully saturated rings. The zero-order chi connectivity index (χ0) is 20.2. The lowest BCUT2D eigenvalue weighted by atomic mass is 9.77. The molecule has 0 bridgehead atoms. The van der Waals surface area contributed by atoms with Gasteiger partial charge in [0.15, 0.2) is 0 Å². The summed E-state index contributed by atoms with van der Waals surface area (Å²) in [4.78, 5) is 5.55. The van der Waals surface area contributed by atoms with E-state index in [0.29, 0.717) is 6.04 Å². The van der Waals surface area contributed by atoms with Gasteiger partial charge < -0.3 is 9.84 Å². The first-order valence-electron chi connectivity index (χ1n) is 11.0. The number of likely N-dealkylation sites (tertiary alicyclic amines) is 1. The van der Waals surface area contributed by atoms with Gasteiger partial charge in [0.05, 0.1) is 35.7 Å². The van der Waals surface area contributed by atoms with Crippen LogP contribution in [0, 0.1) is 0 Å². The third-order valence-electron chi connectivity index (χ3n) is 7.11. The van der Waals surface area contributed by atoms with Crippen molar-refractivity contribution in [2.45, 2.75) is 89.1 Å². The molecule has 2 aliphatic heterocycles. The Hall–Kier alpha value is -1.28. The Morgan fingerprint density at radius 2 is 2.17 bits per heavy atom.